The molecule has 1 rings (SSSR count). The third kappa shape index (κ3) is 3.00. The topological polar surface area (TPSA) is 42.7 Å². The summed E-state index contributed by atoms with van der Waals surface area (Å²) in [6, 6.07) is 0.591. The Hall–Kier alpha value is -0.900. The van der Waals surface area contributed by atoms with Crippen LogP contribution in [0.5, 0.6) is 0 Å². The SMILES string of the molecule is CCC(C)NCCn1ccnn1. The number of rotatable bonds is 5. The molecule has 1 aromatic heterocycles. The van der Waals surface area contributed by atoms with Gasteiger partial charge in [0.2, 0.25) is 0 Å². The van der Waals surface area contributed by atoms with Crippen LogP contribution in [0.4, 0.5) is 0 Å². The van der Waals surface area contributed by atoms with E-state index < -0.39 is 0 Å². The van der Waals surface area contributed by atoms with Gasteiger partial charge in [0.1, 0.15) is 0 Å². The Kier molecular flexibility index (Phi) is 3.73. The number of hydrogen-bond acceptors (Lipinski definition) is 3. The summed E-state index contributed by atoms with van der Waals surface area (Å²) in [5.41, 5.74) is 0. The van der Waals surface area contributed by atoms with Crippen molar-refractivity contribution in [3.63, 3.8) is 0 Å². The van der Waals surface area contributed by atoms with Crippen LogP contribution in [0.2, 0.25) is 0 Å². The van der Waals surface area contributed by atoms with Crippen LogP contribution in [0.15, 0.2) is 12.4 Å². The van der Waals surface area contributed by atoms with Crippen molar-refractivity contribution in [2.75, 3.05) is 6.54 Å². The molecule has 0 aliphatic rings. The van der Waals surface area contributed by atoms with Gasteiger partial charge in [-0.3, -0.25) is 4.68 Å². The molecule has 1 unspecified atom stereocenters. The van der Waals surface area contributed by atoms with Crippen molar-refractivity contribution in [1.29, 1.82) is 0 Å². The summed E-state index contributed by atoms with van der Waals surface area (Å²) in [5, 5.41) is 11.0. The lowest BCUT2D eigenvalue weighted by molar-refractivity contribution is 0.481. The molecule has 1 atom stereocenters. The second-order valence-electron chi connectivity index (χ2n) is 2.93. The van der Waals surface area contributed by atoms with E-state index in [1.165, 1.54) is 0 Å². The summed E-state index contributed by atoms with van der Waals surface area (Å²) in [6.45, 7) is 6.21. The maximum Gasteiger partial charge on any atom is 0.0692 e. The van der Waals surface area contributed by atoms with E-state index in [-0.39, 0.29) is 0 Å². The minimum Gasteiger partial charge on any atom is -0.312 e. The molecule has 4 heteroatoms. The van der Waals surface area contributed by atoms with Crippen molar-refractivity contribution >= 4 is 0 Å². The van der Waals surface area contributed by atoms with Crippen molar-refractivity contribution in [2.24, 2.45) is 0 Å². The van der Waals surface area contributed by atoms with Crippen LogP contribution in [0.25, 0.3) is 0 Å². The Bertz CT molecular complexity index is 195. The molecule has 68 valence electrons. The average Bonchev–Trinajstić information content (AvgIpc) is 2.57. The van der Waals surface area contributed by atoms with Gasteiger partial charge in [0.15, 0.2) is 0 Å². The summed E-state index contributed by atoms with van der Waals surface area (Å²) >= 11 is 0. The molecule has 0 aliphatic heterocycles. The highest BCUT2D eigenvalue weighted by Gasteiger charge is 1.96. The van der Waals surface area contributed by atoms with Crippen LogP contribution >= 0.6 is 0 Å². The number of hydrogen-bond donors (Lipinski definition) is 1. The summed E-state index contributed by atoms with van der Waals surface area (Å²) in [7, 11) is 0. The molecule has 1 N–H and O–H groups in total. The molecule has 0 aromatic carbocycles. The van der Waals surface area contributed by atoms with E-state index in [0.29, 0.717) is 6.04 Å². The zero-order valence-corrected chi connectivity index (χ0v) is 7.70. The lowest BCUT2D eigenvalue weighted by Crippen LogP contribution is -2.28. The van der Waals surface area contributed by atoms with Crippen LogP contribution in [0.3, 0.4) is 0 Å². The lowest BCUT2D eigenvalue weighted by Gasteiger charge is -2.10. The van der Waals surface area contributed by atoms with Crippen LogP contribution < -0.4 is 5.32 Å². The molecule has 1 aromatic rings. The fourth-order valence-electron chi connectivity index (χ4n) is 0.922. The predicted octanol–water partition coefficient (Wildman–Crippen LogP) is 0.666. The molecule has 12 heavy (non-hydrogen) atoms. The van der Waals surface area contributed by atoms with Crippen LogP contribution in [0.1, 0.15) is 20.3 Å². The normalized spacial score (nSPS) is 13.2. The number of nitrogens with zero attached hydrogens (tertiary/aromatic N) is 3. The van der Waals surface area contributed by atoms with E-state index in [1.54, 1.807) is 6.20 Å². The van der Waals surface area contributed by atoms with E-state index in [4.69, 9.17) is 0 Å². The van der Waals surface area contributed by atoms with Crippen molar-refractivity contribution in [3.05, 3.63) is 12.4 Å². The van der Waals surface area contributed by atoms with Gasteiger partial charge in [0.05, 0.1) is 12.7 Å². The van der Waals surface area contributed by atoms with Crippen molar-refractivity contribution in [3.8, 4) is 0 Å². The van der Waals surface area contributed by atoms with E-state index >= 15 is 0 Å². The molecule has 0 aliphatic carbocycles. The van der Waals surface area contributed by atoms with Gasteiger partial charge in [0.25, 0.3) is 0 Å². The quantitative estimate of drug-likeness (QED) is 0.702. The fourth-order valence-corrected chi connectivity index (χ4v) is 0.922. The van der Waals surface area contributed by atoms with Gasteiger partial charge in [-0.25, -0.2) is 0 Å². The Labute approximate surface area is 73.0 Å². The molecule has 0 bridgehead atoms. The molecule has 0 radical (unpaired) electrons. The molecule has 1 heterocycles. The van der Waals surface area contributed by atoms with Crippen molar-refractivity contribution in [1.82, 2.24) is 20.3 Å². The van der Waals surface area contributed by atoms with Crippen LogP contribution in [0, 0.1) is 0 Å². The molecule has 0 saturated heterocycles. The van der Waals surface area contributed by atoms with Gasteiger partial charge in [-0.05, 0) is 13.3 Å². The minimum atomic E-state index is 0.591. The molecular formula is C8H16N4. The van der Waals surface area contributed by atoms with E-state index in [9.17, 15) is 0 Å². The minimum absolute atomic E-state index is 0.591. The molecule has 4 nitrogen and oxygen atoms in total. The van der Waals surface area contributed by atoms with E-state index in [1.807, 2.05) is 10.9 Å². The van der Waals surface area contributed by atoms with Crippen molar-refractivity contribution in [2.45, 2.75) is 32.9 Å². The Morgan fingerprint density at radius 3 is 3.00 bits per heavy atom. The molecule has 0 fully saturated rings. The average molecular weight is 168 g/mol. The summed E-state index contributed by atoms with van der Waals surface area (Å²) in [4.78, 5) is 0. The molecule has 0 saturated carbocycles. The first kappa shape index (κ1) is 9.19. The van der Waals surface area contributed by atoms with Gasteiger partial charge in [-0.2, -0.15) is 0 Å². The van der Waals surface area contributed by atoms with Crippen LogP contribution in [-0.2, 0) is 6.54 Å². The first-order valence-electron chi connectivity index (χ1n) is 4.40. The number of nitrogens with one attached hydrogen (secondary N) is 1. The van der Waals surface area contributed by atoms with E-state index in [0.717, 1.165) is 19.5 Å². The first-order valence-corrected chi connectivity index (χ1v) is 4.40. The third-order valence-electron chi connectivity index (χ3n) is 1.92. The highest BCUT2D eigenvalue weighted by molar-refractivity contribution is 4.65. The second kappa shape index (κ2) is 4.87. The van der Waals surface area contributed by atoms with Gasteiger partial charge >= 0.3 is 0 Å². The van der Waals surface area contributed by atoms with Gasteiger partial charge < -0.3 is 5.32 Å². The standard InChI is InChI=1S/C8H16N4/c1-3-8(2)9-4-6-12-7-5-10-11-12/h5,7-9H,3-4,6H2,1-2H3. The first-order chi connectivity index (χ1) is 5.83. The fraction of sp³-hybridized carbons (Fsp3) is 0.750. The summed E-state index contributed by atoms with van der Waals surface area (Å²) in [6.07, 6.45) is 4.74. The molecule has 0 amide bonds. The van der Waals surface area contributed by atoms with Crippen LogP contribution in [-0.4, -0.2) is 27.6 Å². The zero-order chi connectivity index (χ0) is 8.81. The second-order valence-corrected chi connectivity index (χ2v) is 2.93. The monoisotopic (exact) mass is 168 g/mol. The van der Waals surface area contributed by atoms with Crippen molar-refractivity contribution < 1.29 is 0 Å². The Balaban J connectivity index is 2.11. The highest BCUT2D eigenvalue weighted by Crippen LogP contribution is 1.87. The van der Waals surface area contributed by atoms with Gasteiger partial charge in [-0.1, -0.05) is 12.1 Å². The number of aromatic nitrogens is 3. The van der Waals surface area contributed by atoms with Gasteiger partial charge in [-0.15, -0.1) is 5.10 Å². The smallest absolute Gasteiger partial charge is 0.0692 e. The zero-order valence-electron chi connectivity index (χ0n) is 7.70. The highest BCUT2D eigenvalue weighted by atomic mass is 15.4. The van der Waals surface area contributed by atoms with Gasteiger partial charge in [0, 0.05) is 18.8 Å². The maximum atomic E-state index is 3.87. The Morgan fingerprint density at radius 1 is 1.58 bits per heavy atom. The third-order valence-corrected chi connectivity index (χ3v) is 1.92. The van der Waals surface area contributed by atoms with E-state index in [2.05, 4.69) is 29.5 Å². The maximum absolute atomic E-state index is 3.87. The molecular weight excluding hydrogens is 152 g/mol. The summed E-state index contributed by atoms with van der Waals surface area (Å²) in [5.74, 6) is 0. The largest absolute Gasteiger partial charge is 0.312 e. The molecule has 0 spiro atoms. The lowest BCUT2D eigenvalue weighted by atomic mass is 10.3. The Morgan fingerprint density at radius 2 is 2.42 bits per heavy atom. The predicted molar refractivity (Wildman–Crippen MR) is 47.8 cm³/mol. The summed E-state index contributed by atoms with van der Waals surface area (Å²) < 4.78 is 1.83.